The third-order valence-electron chi connectivity index (χ3n) is 3.39. The quantitative estimate of drug-likeness (QED) is 0.675. The Labute approximate surface area is 156 Å². The molecule has 24 heavy (non-hydrogen) atoms. The summed E-state index contributed by atoms with van der Waals surface area (Å²) in [6.07, 6.45) is 0. The minimum Gasteiger partial charge on any atom is -0.495 e. The highest BCUT2D eigenvalue weighted by Crippen LogP contribution is 2.32. The maximum Gasteiger partial charge on any atom is 0.246 e. The molecular weight excluding hydrogens is 371 g/mol. The molecule has 128 valence electrons. The van der Waals surface area contributed by atoms with Gasteiger partial charge < -0.3 is 15.4 Å². The molecular formula is C17H17Cl3N2O2. The number of ether oxygens (including phenoxy) is 1. The first-order chi connectivity index (χ1) is 11.3. The Morgan fingerprint density at radius 3 is 2.38 bits per heavy atom. The number of hydrogen-bond acceptors (Lipinski definition) is 3. The van der Waals surface area contributed by atoms with Crippen molar-refractivity contribution in [1.29, 1.82) is 0 Å². The topological polar surface area (TPSA) is 50.4 Å². The standard InChI is InChI=1S/C17H17Cl3N2O2/c1-9-4-5-16(24-3)15(6-9)21-10(2)17(23)22-14-8-12(19)11(18)7-13(14)20/h4-8,10,21H,1-3H3,(H,22,23)/t10-/m0/s1. The molecule has 1 amide bonds. The average molecular weight is 388 g/mol. The highest BCUT2D eigenvalue weighted by atomic mass is 35.5. The van der Waals surface area contributed by atoms with E-state index in [0.717, 1.165) is 11.3 Å². The summed E-state index contributed by atoms with van der Waals surface area (Å²) in [7, 11) is 1.58. The van der Waals surface area contributed by atoms with Gasteiger partial charge in [-0.25, -0.2) is 0 Å². The third-order valence-corrected chi connectivity index (χ3v) is 4.42. The zero-order valence-electron chi connectivity index (χ0n) is 13.4. The van der Waals surface area contributed by atoms with E-state index >= 15 is 0 Å². The molecule has 2 aromatic carbocycles. The SMILES string of the molecule is COc1ccc(C)cc1N[C@@H](C)C(=O)Nc1cc(Cl)c(Cl)cc1Cl. The lowest BCUT2D eigenvalue weighted by Gasteiger charge is -2.18. The molecule has 0 aromatic heterocycles. The fourth-order valence-electron chi connectivity index (χ4n) is 2.09. The predicted molar refractivity (Wildman–Crippen MR) is 101 cm³/mol. The van der Waals surface area contributed by atoms with Crippen LogP contribution in [0.2, 0.25) is 15.1 Å². The number of methoxy groups -OCH3 is 1. The van der Waals surface area contributed by atoms with Gasteiger partial charge in [0, 0.05) is 0 Å². The number of aryl methyl sites for hydroxylation is 1. The summed E-state index contributed by atoms with van der Waals surface area (Å²) in [5.74, 6) is 0.395. The minimum atomic E-state index is -0.522. The van der Waals surface area contributed by atoms with Crippen molar-refractivity contribution >= 4 is 52.1 Å². The molecule has 4 nitrogen and oxygen atoms in total. The zero-order valence-corrected chi connectivity index (χ0v) is 15.7. The van der Waals surface area contributed by atoms with Crippen molar-refractivity contribution in [3.05, 3.63) is 51.0 Å². The Bertz CT molecular complexity index is 766. The number of rotatable bonds is 5. The number of carbonyl (C=O) groups is 1. The van der Waals surface area contributed by atoms with Crippen molar-refractivity contribution in [2.45, 2.75) is 19.9 Å². The molecule has 0 unspecified atom stereocenters. The van der Waals surface area contributed by atoms with Crippen molar-refractivity contribution in [2.75, 3.05) is 17.7 Å². The number of halogens is 3. The Balaban J connectivity index is 2.13. The normalized spacial score (nSPS) is 11.8. The van der Waals surface area contributed by atoms with E-state index < -0.39 is 6.04 Å². The van der Waals surface area contributed by atoms with Crippen LogP contribution in [0.25, 0.3) is 0 Å². The van der Waals surface area contributed by atoms with E-state index in [9.17, 15) is 4.79 Å². The lowest BCUT2D eigenvalue weighted by atomic mass is 10.2. The molecule has 0 fully saturated rings. The Morgan fingerprint density at radius 1 is 1.04 bits per heavy atom. The second-order valence-electron chi connectivity index (χ2n) is 5.31. The highest BCUT2D eigenvalue weighted by Gasteiger charge is 2.17. The summed E-state index contributed by atoms with van der Waals surface area (Å²) in [5.41, 5.74) is 2.19. The van der Waals surface area contributed by atoms with Gasteiger partial charge >= 0.3 is 0 Å². The minimum absolute atomic E-state index is 0.265. The van der Waals surface area contributed by atoms with E-state index in [2.05, 4.69) is 10.6 Å². The molecule has 0 bridgehead atoms. The molecule has 2 N–H and O–H groups in total. The van der Waals surface area contributed by atoms with E-state index in [-0.39, 0.29) is 5.91 Å². The first-order valence-corrected chi connectivity index (χ1v) is 8.31. The van der Waals surface area contributed by atoms with Gasteiger partial charge in [0.05, 0.1) is 33.6 Å². The summed E-state index contributed by atoms with van der Waals surface area (Å²) in [4.78, 5) is 12.4. The zero-order chi connectivity index (χ0) is 17.9. The number of amides is 1. The molecule has 0 saturated carbocycles. The van der Waals surface area contributed by atoms with Gasteiger partial charge in [0.15, 0.2) is 0 Å². The van der Waals surface area contributed by atoms with Crippen molar-refractivity contribution in [3.63, 3.8) is 0 Å². The third kappa shape index (κ3) is 4.47. The lowest BCUT2D eigenvalue weighted by Crippen LogP contribution is -2.32. The van der Waals surface area contributed by atoms with Crippen LogP contribution < -0.4 is 15.4 Å². The largest absolute Gasteiger partial charge is 0.495 e. The fourth-order valence-corrected chi connectivity index (χ4v) is 2.69. The molecule has 7 heteroatoms. The smallest absolute Gasteiger partial charge is 0.246 e. The van der Waals surface area contributed by atoms with Crippen molar-refractivity contribution < 1.29 is 9.53 Å². The van der Waals surface area contributed by atoms with Gasteiger partial charge in [-0.2, -0.15) is 0 Å². The predicted octanol–water partition coefficient (Wildman–Crippen LogP) is 5.40. The van der Waals surface area contributed by atoms with E-state index in [0.29, 0.717) is 26.5 Å². The summed E-state index contributed by atoms with van der Waals surface area (Å²) in [6.45, 7) is 3.70. The molecule has 0 heterocycles. The average Bonchev–Trinajstić information content (AvgIpc) is 2.52. The van der Waals surface area contributed by atoms with Gasteiger partial charge in [-0.3, -0.25) is 4.79 Å². The second-order valence-corrected chi connectivity index (χ2v) is 6.53. The first-order valence-electron chi connectivity index (χ1n) is 7.18. The summed E-state index contributed by atoms with van der Waals surface area (Å²) < 4.78 is 5.30. The molecule has 0 aliphatic rings. The van der Waals surface area contributed by atoms with Crippen LogP contribution in [0.5, 0.6) is 5.75 Å². The molecule has 0 aliphatic heterocycles. The van der Waals surface area contributed by atoms with E-state index in [4.69, 9.17) is 39.5 Å². The van der Waals surface area contributed by atoms with Gasteiger partial charge in [0.2, 0.25) is 5.91 Å². The van der Waals surface area contributed by atoms with Crippen molar-refractivity contribution in [1.82, 2.24) is 0 Å². The van der Waals surface area contributed by atoms with Gasteiger partial charge in [-0.15, -0.1) is 0 Å². The van der Waals surface area contributed by atoms with Gasteiger partial charge in [-0.1, -0.05) is 40.9 Å². The number of carbonyl (C=O) groups excluding carboxylic acids is 1. The van der Waals surface area contributed by atoms with Crippen LogP contribution in [0.1, 0.15) is 12.5 Å². The molecule has 0 radical (unpaired) electrons. The first kappa shape index (κ1) is 18.7. The molecule has 2 aromatic rings. The number of nitrogens with one attached hydrogen (secondary N) is 2. The summed E-state index contributed by atoms with van der Waals surface area (Å²) >= 11 is 17.9. The monoisotopic (exact) mass is 386 g/mol. The van der Waals surface area contributed by atoms with E-state index in [1.807, 2.05) is 25.1 Å². The number of benzene rings is 2. The Hall–Kier alpha value is -1.62. The molecule has 1 atom stereocenters. The van der Waals surface area contributed by atoms with Crippen LogP contribution in [-0.4, -0.2) is 19.1 Å². The number of anilines is 2. The Kier molecular flexibility index (Phi) is 6.21. The Morgan fingerprint density at radius 2 is 1.71 bits per heavy atom. The van der Waals surface area contributed by atoms with Crippen molar-refractivity contribution in [2.24, 2.45) is 0 Å². The number of hydrogen-bond donors (Lipinski definition) is 2. The molecule has 0 saturated heterocycles. The molecule has 2 rings (SSSR count). The van der Waals surface area contributed by atoms with Gasteiger partial charge in [0.1, 0.15) is 11.8 Å². The maximum absolute atomic E-state index is 12.4. The van der Waals surface area contributed by atoms with Crippen LogP contribution in [-0.2, 0) is 4.79 Å². The second kappa shape index (κ2) is 7.97. The summed E-state index contributed by atoms with van der Waals surface area (Å²) in [6, 6.07) is 8.18. The maximum atomic E-state index is 12.4. The van der Waals surface area contributed by atoms with Gasteiger partial charge in [-0.05, 0) is 43.7 Å². The van der Waals surface area contributed by atoms with Crippen LogP contribution in [0.4, 0.5) is 11.4 Å². The van der Waals surface area contributed by atoms with Crippen molar-refractivity contribution in [3.8, 4) is 5.75 Å². The van der Waals surface area contributed by atoms with E-state index in [1.54, 1.807) is 14.0 Å². The lowest BCUT2D eigenvalue weighted by molar-refractivity contribution is -0.116. The highest BCUT2D eigenvalue weighted by molar-refractivity contribution is 6.44. The summed E-state index contributed by atoms with van der Waals surface area (Å²) in [5, 5.41) is 6.83. The van der Waals surface area contributed by atoms with E-state index in [1.165, 1.54) is 12.1 Å². The molecule has 0 aliphatic carbocycles. The molecule has 0 spiro atoms. The fraction of sp³-hybridized carbons (Fsp3) is 0.235. The van der Waals surface area contributed by atoms with Crippen LogP contribution in [0, 0.1) is 6.92 Å². The van der Waals surface area contributed by atoms with Gasteiger partial charge in [0.25, 0.3) is 0 Å². The van der Waals surface area contributed by atoms with Crippen LogP contribution >= 0.6 is 34.8 Å². The van der Waals surface area contributed by atoms with Crippen LogP contribution in [0.3, 0.4) is 0 Å². The van der Waals surface area contributed by atoms with Crippen LogP contribution in [0.15, 0.2) is 30.3 Å².